The number of carbonyl (C=O) groups is 1. The van der Waals surface area contributed by atoms with Gasteiger partial charge in [0.2, 0.25) is 10.0 Å². The number of aromatic nitrogens is 2. The molecule has 2 heterocycles. The number of piperazine rings is 1. The minimum absolute atomic E-state index is 0.0125. The molecule has 1 aliphatic rings. The highest BCUT2D eigenvalue weighted by molar-refractivity contribution is 7.89. The summed E-state index contributed by atoms with van der Waals surface area (Å²) in [5.74, 6) is 0.504. The van der Waals surface area contributed by atoms with Gasteiger partial charge in [-0.2, -0.15) is 4.31 Å². The maximum Gasteiger partial charge on any atom is 0.255 e. The number of nitrogens with one attached hydrogen (secondary N) is 1. The molecule has 0 spiro atoms. The van der Waals surface area contributed by atoms with Crippen molar-refractivity contribution >= 4 is 27.4 Å². The van der Waals surface area contributed by atoms with Gasteiger partial charge in [-0.1, -0.05) is 32.9 Å². The van der Waals surface area contributed by atoms with Gasteiger partial charge in [-0.3, -0.25) is 9.78 Å². The first-order valence-corrected chi connectivity index (χ1v) is 12.6. The first-order valence-electron chi connectivity index (χ1n) is 11.2. The summed E-state index contributed by atoms with van der Waals surface area (Å²) in [6, 6.07) is 13.8. The van der Waals surface area contributed by atoms with Crippen LogP contribution in [0.1, 0.15) is 36.7 Å². The van der Waals surface area contributed by atoms with E-state index >= 15 is 0 Å². The maximum absolute atomic E-state index is 13.1. The number of carbonyl (C=O) groups excluding carboxylic acids is 1. The zero-order valence-electron chi connectivity index (χ0n) is 19.6. The molecule has 1 fully saturated rings. The van der Waals surface area contributed by atoms with Crippen LogP contribution in [-0.2, 0) is 15.4 Å². The van der Waals surface area contributed by atoms with E-state index in [1.165, 1.54) is 16.4 Å². The molecule has 1 amide bonds. The highest BCUT2D eigenvalue weighted by atomic mass is 32.2. The second-order valence-electron chi connectivity index (χ2n) is 9.26. The van der Waals surface area contributed by atoms with Gasteiger partial charge in [0.15, 0.2) is 0 Å². The SMILES string of the molecule is CC(C)(C)c1ccc(C(=O)Nc2ccc(S(=O)(=O)N3CCN(c4cnccn4)CC3)cc2)cc1. The molecule has 1 saturated heterocycles. The molecule has 2 aromatic carbocycles. The van der Waals surface area contributed by atoms with E-state index in [9.17, 15) is 13.2 Å². The fourth-order valence-electron chi connectivity index (χ4n) is 3.80. The largest absolute Gasteiger partial charge is 0.353 e. The van der Waals surface area contributed by atoms with Crippen LogP contribution < -0.4 is 10.2 Å². The molecule has 4 rings (SSSR count). The highest BCUT2D eigenvalue weighted by Gasteiger charge is 2.29. The van der Waals surface area contributed by atoms with E-state index in [1.54, 1.807) is 42.9 Å². The summed E-state index contributed by atoms with van der Waals surface area (Å²) in [6.07, 6.45) is 4.91. The molecule has 9 heteroatoms. The Morgan fingerprint density at radius 3 is 2.12 bits per heavy atom. The molecule has 0 unspecified atom stereocenters. The lowest BCUT2D eigenvalue weighted by atomic mass is 9.87. The van der Waals surface area contributed by atoms with Gasteiger partial charge in [-0.25, -0.2) is 13.4 Å². The van der Waals surface area contributed by atoms with Gasteiger partial charge in [-0.15, -0.1) is 0 Å². The Hall–Kier alpha value is -3.30. The number of sulfonamides is 1. The Labute approximate surface area is 200 Å². The van der Waals surface area contributed by atoms with E-state index in [0.717, 1.165) is 11.4 Å². The number of rotatable bonds is 5. The van der Waals surface area contributed by atoms with Crippen LogP contribution >= 0.6 is 0 Å². The second-order valence-corrected chi connectivity index (χ2v) is 11.2. The highest BCUT2D eigenvalue weighted by Crippen LogP contribution is 2.24. The van der Waals surface area contributed by atoms with Crippen LogP contribution in [0.5, 0.6) is 0 Å². The lowest BCUT2D eigenvalue weighted by Gasteiger charge is -2.34. The zero-order valence-corrected chi connectivity index (χ0v) is 20.4. The third-order valence-electron chi connectivity index (χ3n) is 5.88. The summed E-state index contributed by atoms with van der Waals surface area (Å²) >= 11 is 0. The molecule has 34 heavy (non-hydrogen) atoms. The fourth-order valence-corrected chi connectivity index (χ4v) is 5.22. The van der Waals surface area contributed by atoms with Crippen LogP contribution in [0.15, 0.2) is 72.0 Å². The standard InChI is InChI=1S/C25H29N5O3S/c1-25(2,3)20-6-4-19(5-7-20)24(31)28-21-8-10-22(11-9-21)34(32,33)30-16-14-29(15-17-30)23-18-26-12-13-27-23/h4-13,18H,14-17H2,1-3H3,(H,28,31). The van der Waals surface area contributed by atoms with Crippen molar-refractivity contribution in [2.24, 2.45) is 0 Å². The Morgan fingerprint density at radius 1 is 0.912 bits per heavy atom. The van der Waals surface area contributed by atoms with Crippen LogP contribution in [-0.4, -0.2) is 54.8 Å². The van der Waals surface area contributed by atoms with Crippen LogP contribution in [0.4, 0.5) is 11.5 Å². The third kappa shape index (κ3) is 5.26. The summed E-state index contributed by atoms with van der Waals surface area (Å²) < 4.78 is 27.7. The quantitative estimate of drug-likeness (QED) is 0.601. The number of anilines is 2. The van der Waals surface area contributed by atoms with Gasteiger partial charge in [-0.05, 0) is 47.4 Å². The lowest BCUT2D eigenvalue weighted by molar-refractivity contribution is 0.102. The Kier molecular flexibility index (Phi) is 6.67. The molecule has 3 aromatic rings. The average Bonchev–Trinajstić information content (AvgIpc) is 2.84. The zero-order chi connectivity index (χ0) is 24.3. The van der Waals surface area contributed by atoms with Crippen molar-refractivity contribution in [3.8, 4) is 0 Å². The molecule has 8 nitrogen and oxygen atoms in total. The van der Waals surface area contributed by atoms with Gasteiger partial charge in [0.25, 0.3) is 5.91 Å². The number of hydrogen-bond acceptors (Lipinski definition) is 6. The number of nitrogens with zero attached hydrogens (tertiary/aromatic N) is 4. The van der Waals surface area contributed by atoms with Crippen LogP contribution in [0.25, 0.3) is 0 Å². The Morgan fingerprint density at radius 2 is 1.56 bits per heavy atom. The van der Waals surface area contributed by atoms with Gasteiger partial charge in [0, 0.05) is 49.8 Å². The van der Waals surface area contributed by atoms with Crippen molar-refractivity contribution in [1.29, 1.82) is 0 Å². The minimum atomic E-state index is -3.63. The topological polar surface area (TPSA) is 95.5 Å². The summed E-state index contributed by atoms with van der Waals surface area (Å²) in [6.45, 7) is 8.17. The molecule has 0 aliphatic carbocycles. The van der Waals surface area contributed by atoms with E-state index in [4.69, 9.17) is 0 Å². The van der Waals surface area contributed by atoms with E-state index < -0.39 is 10.0 Å². The normalized spacial score (nSPS) is 15.2. The average molecular weight is 480 g/mol. The lowest BCUT2D eigenvalue weighted by Crippen LogP contribution is -2.48. The molecule has 0 atom stereocenters. The van der Waals surface area contributed by atoms with Crippen LogP contribution in [0.2, 0.25) is 0 Å². The number of amides is 1. The second kappa shape index (κ2) is 9.52. The minimum Gasteiger partial charge on any atom is -0.353 e. The Balaban J connectivity index is 1.38. The Bertz CT molecular complexity index is 1230. The van der Waals surface area contributed by atoms with Gasteiger partial charge < -0.3 is 10.2 Å². The predicted molar refractivity (Wildman–Crippen MR) is 133 cm³/mol. The van der Waals surface area contributed by atoms with Crippen molar-refractivity contribution in [1.82, 2.24) is 14.3 Å². The van der Waals surface area contributed by atoms with Crippen molar-refractivity contribution < 1.29 is 13.2 Å². The molecule has 0 bridgehead atoms. The van der Waals surface area contributed by atoms with Crippen molar-refractivity contribution in [3.05, 3.63) is 78.2 Å². The summed E-state index contributed by atoms with van der Waals surface area (Å²) in [7, 11) is -3.63. The van der Waals surface area contributed by atoms with E-state index in [-0.39, 0.29) is 16.2 Å². The van der Waals surface area contributed by atoms with E-state index in [1.807, 2.05) is 17.0 Å². The fraction of sp³-hybridized carbons (Fsp3) is 0.320. The summed E-state index contributed by atoms with van der Waals surface area (Å²) in [5.41, 5.74) is 2.25. The van der Waals surface area contributed by atoms with Crippen molar-refractivity contribution in [3.63, 3.8) is 0 Å². The smallest absolute Gasteiger partial charge is 0.255 e. The number of benzene rings is 2. The summed E-state index contributed by atoms with van der Waals surface area (Å²) in [4.78, 5) is 23.2. The molecule has 0 radical (unpaired) electrons. The predicted octanol–water partition coefficient (Wildman–Crippen LogP) is 3.54. The van der Waals surface area contributed by atoms with Crippen LogP contribution in [0.3, 0.4) is 0 Å². The van der Waals surface area contributed by atoms with Crippen LogP contribution in [0, 0.1) is 0 Å². The first kappa shape index (κ1) is 23.8. The molecular formula is C25H29N5O3S. The molecule has 1 aliphatic heterocycles. The van der Waals surface area contributed by atoms with E-state index in [0.29, 0.717) is 37.4 Å². The molecule has 1 aromatic heterocycles. The van der Waals surface area contributed by atoms with Crippen molar-refractivity contribution in [2.75, 3.05) is 36.4 Å². The van der Waals surface area contributed by atoms with Gasteiger partial charge in [0.05, 0.1) is 11.1 Å². The van der Waals surface area contributed by atoms with Gasteiger partial charge >= 0.3 is 0 Å². The monoisotopic (exact) mass is 479 g/mol. The molecular weight excluding hydrogens is 450 g/mol. The molecule has 1 N–H and O–H groups in total. The summed E-state index contributed by atoms with van der Waals surface area (Å²) in [5, 5.41) is 2.83. The third-order valence-corrected chi connectivity index (χ3v) is 7.79. The maximum atomic E-state index is 13.1. The van der Waals surface area contributed by atoms with Crippen molar-refractivity contribution in [2.45, 2.75) is 31.1 Å². The molecule has 178 valence electrons. The molecule has 0 saturated carbocycles. The number of hydrogen-bond donors (Lipinski definition) is 1. The first-order chi connectivity index (χ1) is 16.1. The van der Waals surface area contributed by atoms with Gasteiger partial charge in [0.1, 0.15) is 5.82 Å². The van der Waals surface area contributed by atoms with E-state index in [2.05, 4.69) is 36.1 Å².